The monoisotopic (exact) mass is 467 g/mol. The Bertz CT molecular complexity index is 1140. The molecule has 1 amide bonds. The Hall–Kier alpha value is -2.47. The normalized spacial score (nSPS) is 15.4. The molecular formula is C20H25N3O6S2. The van der Waals surface area contributed by atoms with Crippen LogP contribution in [0.4, 0.5) is 11.4 Å². The molecule has 2 aromatic carbocycles. The maximum atomic E-state index is 12.6. The number of carbonyl (C=O) groups excluding carboxylic acids is 1. The minimum absolute atomic E-state index is 0.144. The van der Waals surface area contributed by atoms with Gasteiger partial charge in [-0.2, -0.15) is 4.31 Å². The Morgan fingerprint density at radius 1 is 1.06 bits per heavy atom. The van der Waals surface area contributed by atoms with Gasteiger partial charge in [-0.05, 0) is 35.9 Å². The number of anilines is 2. The molecule has 1 aliphatic rings. The molecule has 0 spiro atoms. The molecule has 168 valence electrons. The molecule has 0 unspecified atom stereocenters. The summed E-state index contributed by atoms with van der Waals surface area (Å²) in [4.78, 5) is 12.6. The number of rotatable bonds is 7. The number of ether oxygens (including phenoxy) is 1. The minimum Gasteiger partial charge on any atom is -0.379 e. The molecule has 1 aliphatic heterocycles. The lowest BCUT2D eigenvalue weighted by atomic mass is 10.1. The molecule has 11 heteroatoms. The molecule has 1 fully saturated rings. The molecule has 0 saturated carbocycles. The predicted octanol–water partition coefficient (Wildman–Crippen LogP) is 1.50. The number of sulfonamides is 2. The van der Waals surface area contributed by atoms with E-state index in [1.807, 2.05) is 0 Å². The number of nitrogens with one attached hydrogen (secondary N) is 1. The third-order valence-electron chi connectivity index (χ3n) is 4.89. The second-order valence-corrected chi connectivity index (χ2v) is 11.2. The number of carbonyl (C=O) groups is 1. The van der Waals surface area contributed by atoms with Crippen molar-refractivity contribution in [2.45, 2.75) is 5.75 Å². The van der Waals surface area contributed by atoms with Crippen LogP contribution in [-0.4, -0.2) is 66.7 Å². The zero-order valence-corrected chi connectivity index (χ0v) is 18.9. The molecule has 1 N–H and O–H groups in total. The van der Waals surface area contributed by atoms with Crippen LogP contribution in [0.3, 0.4) is 0 Å². The highest BCUT2D eigenvalue weighted by atomic mass is 32.2. The van der Waals surface area contributed by atoms with Crippen molar-refractivity contribution in [2.24, 2.45) is 0 Å². The van der Waals surface area contributed by atoms with Crippen LogP contribution in [0.1, 0.15) is 15.9 Å². The molecule has 1 heterocycles. The molecule has 0 radical (unpaired) electrons. The summed E-state index contributed by atoms with van der Waals surface area (Å²) in [5, 5.41) is 2.72. The topological polar surface area (TPSA) is 113 Å². The zero-order chi connectivity index (χ0) is 22.6. The first kappa shape index (κ1) is 23.2. The van der Waals surface area contributed by atoms with Crippen LogP contribution >= 0.6 is 0 Å². The number of hydrogen-bond donors (Lipinski definition) is 1. The summed E-state index contributed by atoms with van der Waals surface area (Å²) < 4.78 is 56.2. The first-order chi connectivity index (χ1) is 14.6. The smallest absolute Gasteiger partial charge is 0.255 e. The molecule has 0 atom stereocenters. The first-order valence-electron chi connectivity index (χ1n) is 9.56. The lowest BCUT2D eigenvalue weighted by Gasteiger charge is -2.26. The van der Waals surface area contributed by atoms with Crippen molar-refractivity contribution in [3.05, 3.63) is 59.7 Å². The van der Waals surface area contributed by atoms with Gasteiger partial charge in [0, 0.05) is 31.4 Å². The highest BCUT2D eigenvalue weighted by Gasteiger charge is 2.24. The summed E-state index contributed by atoms with van der Waals surface area (Å²) in [6, 6.07) is 12.8. The van der Waals surface area contributed by atoms with Gasteiger partial charge in [-0.3, -0.25) is 9.10 Å². The largest absolute Gasteiger partial charge is 0.379 e. The van der Waals surface area contributed by atoms with Gasteiger partial charge in [-0.15, -0.1) is 0 Å². The summed E-state index contributed by atoms with van der Waals surface area (Å²) in [5.74, 6) is -0.531. The van der Waals surface area contributed by atoms with Crippen molar-refractivity contribution >= 4 is 37.3 Å². The average Bonchev–Trinajstić information content (AvgIpc) is 2.73. The van der Waals surface area contributed by atoms with Crippen molar-refractivity contribution < 1.29 is 26.4 Å². The third kappa shape index (κ3) is 6.03. The lowest BCUT2D eigenvalue weighted by Crippen LogP contribution is -2.41. The van der Waals surface area contributed by atoms with Gasteiger partial charge < -0.3 is 10.1 Å². The average molecular weight is 468 g/mol. The summed E-state index contributed by atoms with van der Waals surface area (Å²) in [5.41, 5.74) is 1.80. The van der Waals surface area contributed by atoms with Crippen molar-refractivity contribution in [1.82, 2.24) is 4.31 Å². The van der Waals surface area contributed by atoms with Crippen LogP contribution < -0.4 is 9.62 Å². The number of amides is 1. The molecule has 9 nitrogen and oxygen atoms in total. The van der Waals surface area contributed by atoms with Gasteiger partial charge in [0.25, 0.3) is 5.91 Å². The molecule has 1 saturated heterocycles. The van der Waals surface area contributed by atoms with E-state index >= 15 is 0 Å². The van der Waals surface area contributed by atoms with Crippen molar-refractivity contribution in [3.8, 4) is 0 Å². The highest BCUT2D eigenvalue weighted by Crippen LogP contribution is 2.21. The highest BCUT2D eigenvalue weighted by molar-refractivity contribution is 7.92. The van der Waals surface area contributed by atoms with Gasteiger partial charge in [0.05, 0.1) is 30.9 Å². The zero-order valence-electron chi connectivity index (χ0n) is 17.3. The molecule has 0 aliphatic carbocycles. The summed E-state index contributed by atoms with van der Waals surface area (Å²) in [6.45, 7) is 1.46. The second-order valence-electron chi connectivity index (χ2n) is 7.20. The Labute approximate surface area is 182 Å². The van der Waals surface area contributed by atoms with Crippen LogP contribution in [0.2, 0.25) is 0 Å². The molecule has 3 rings (SSSR count). The number of benzene rings is 2. The van der Waals surface area contributed by atoms with Gasteiger partial charge >= 0.3 is 0 Å². The minimum atomic E-state index is -3.44. The van der Waals surface area contributed by atoms with Gasteiger partial charge in [-0.25, -0.2) is 16.8 Å². The van der Waals surface area contributed by atoms with Crippen LogP contribution in [-0.2, 0) is 30.5 Å². The number of nitrogens with zero attached hydrogens (tertiary/aromatic N) is 2. The van der Waals surface area contributed by atoms with E-state index in [2.05, 4.69) is 5.32 Å². The van der Waals surface area contributed by atoms with E-state index in [1.165, 1.54) is 11.4 Å². The summed E-state index contributed by atoms with van der Waals surface area (Å²) >= 11 is 0. The van der Waals surface area contributed by atoms with E-state index in [0.29, 0.717) is 48.8 Å². The fourth-order valence-electron chi connectivity index (χ4n) is 3.05. The number of hydrogen-bond acceptors (Lipinski definition) is 6. The first-order valence-corrected chi connectivity index (χ1v) is 13.0. The van der Waals surface area contributed by atoms with Crippen LogP contribution in [0, 0.1) is 0 Å². The van der Waals surface area contributed by atoms with Crippen LogP contribution in [0.25, 0.3) is 0 Å². The molecule has 0 aromatic heterocycles. The van der Waals surface area contributed by atoms with Crippen molar-refractivity contribution in [1.29, 1.82) is 0 Å². The van der Waals surface area contributed by atoms with E-state index in [4.69, 9.17) is 4.74 Å². The molecule has 2 aromatic rings. The van der Waals surface area contributed by atoms with E-state index in [1.54, 1.807) is 48.5 Å². The SMILES string of the molecule is CN(c1cccc(NC(=O)c2ccc(CS(=O)(=O)N3CCOCC3)cc2)c1)S(C)(=O)=O. The fourth-order valence-corrected chi connectivity index (χ4v) is 5.05. The Morgan fingerprint density at radius 2 is 1.71 bits per heavy atom. The Morgan fingerprint density at radius 3 is 2.32 bits per heavy atom. The summed E-state index contributed by atoms with van der Waals surface area (Å²) in [6.07, 6.45) is 1.10. The predicted molar refractivity (Wildman–Crippen MR) is 119 cm³/mol. The molecular weight excluding hydrogens is 442 g/mol. The molecule has 0 bridgehead atoms. The van der Waals surface area contributed by atoms with E-state index in [0.717, 1.165) is 10.6 Å². The maximum absolute atomic E-state index is 12.6. The van der Waals surface area contributed by atoms with Crippen molar-refractivity contribution in [2.75, 3.05) is 49.2 Å². The van der Waals surface area contributed by atoms with Gasteiger partial charge in [0.15, 0.2) is 0 Å². The Kier molecular flexibility index (Phi) is 6.99. The Balaban J connectivity index is 1.67. The van der Waals surface area contributed by atoms with Gasteiger partial charge in [0.2, 0.25) is 20.0 Å². The maximum Gasteiger partial charge on any atom is 0.255 e. The quantitative estimate of drug-likeness (QED) is 0.660. The van der Waals surface area contributed by atoms with Crippen molar-refractivity contribution in [3.63, 3.8) is 0 Å². The van der Waals surface area contributed by atoms with Crippen LogP contribution in [0.5, 0.6) is 0 Å². The van der Waals surface area contributed by atoms with Gasteiger partial charge in [-0.1, -0.05) is 18.2 Å². The standard InChI is InChI=1S/C20H25N3O6S2/c1-22(30(2,25)26)19-5-3-4-18(14-19)21-20(24)17-8-6-16(7-9-17)15-31(27,28)23-10-12-29-13-11-23/h3-9,14H,10-13,15H2,1-2H3,(H,21,24). The molecule has 31 heavy (non-hydrogen) atoms. The second kappa shape index (κ2) is 9.35. The van der Waals surface area contributed by atoms with E-state index in [9.17, 15) is 21.6 Å². The fraction of sp³-hybridized carbons (Fsp3) is 0.350. The third-order valence-corrected chi connectivity index (χ3v) is 7.95. The lowest BCUT2D eigenvalue weighted by molar-refractivity contribution is 0.0729. The van der Waals surface area contributed by atoms with E-state index < -0.39 is 20.0 Å². The van der Waals surface area contributed by atoms with Crippen LogP contribution in [0.15, 0.2) is 48.5 Å². The van der Waals surface area contributed by atoms with Gasteiger partial charge in [0.1, 0.15) is 0 Å². The van der Waals surface area contributed by atoms with E-state index in [-0.39, 0.29) is 11.7 Å². The number of morpholine rings is 1. The summed E-state index contributed by atoms with van der Waals surface area (Å²) in [7, 11) is -5.43.